The van der Waals surface area contributed by atoms with Gasteiger partial charge in [0.25, 0.3) is 0 Å². The molecule has 0 bridgehead atoms. The Bertz CT molecular complexity index is 166. The van der Waals surface area contributed by atoms with Crippen molar-refractivity contribution in [3.63, 3.8) is 0 Å². The minimum atomic E-state index is 0.492. The first-order chi connectivity index (χ1) is 5.22. The molecule has 0 radical (unpaired) electrons. The molecular formula is C9H16N2. The molecule has 0 atom stereocenters. The molecule has 2 heteroatoms. The molecular weight excluding hydrogens is 136 g/mol. The fourth-order valence-corrected chi connectivity index (χ4v) is 0.657. The van der Waals surface area contributed by atoms with Crippen LogP contribution in [0.1, 0.15) is 13.8 Å². The lowest BCUT2D eigenvalue weighted by atomic mass is 10.1. The van der Waals surface area contributed by atoms with Crippen LogP contribution in [0.5, 0.6) is 0 Å². The predicted molar refractivity (Wildman–Crippen MR) is 50.7 cm³/mol. The van der Waals surface area contributed by atoms with Crippen molar-refractivity contribution in [3.8, 4) is 0 Å². The Morgan fingerprint density at radius 1 is 1.55 bits per heavy atom. The molecule has 0 spiro atoms. The van der Waals surface area contributed by atoms with E-state index in [1.807, 2.05) is 12.4 Å². The third-order valence-corrected chi connectivity index (χ3v) is 1.31. The molecule has 1 N–H and O–H groups in total. The van der Waals surface area contributed by atoms with Gasteiger partial charge >= 0.3 is 0 Å². The predicted octanol–water partition coefficient (Wildman–Crippen LogP) is 1.96. The lowest BCUT2D eigenvalue weighted by Crippen LogP contribution is -2.01. The van der Waals surface area contributed by atoms with Crippen LogP contribution in [0.15, 0.2) is 29.5 Å². The monoisotopic (exact) mass is 152 g/mol. The van der Waals surface area contributed by atoms with Crippen molar-refractivity contribution in [3.05, 3.63) is 24.6 Å². The van der Waals surface area contributed by atoms with Crippen LogP contribution in [0.4, 0.5) is 0 Å². The van der Waals surface area contributed by atoms with Gasteiger partial charge < -0.3 is 5.32 Å². The first-order valence-electron chi connectivity index (χ1n) is 3.71. The summed E-state index contributed by atoms with van der Waals surface area (Å²) in [7, 11) is 1.77. The van der Waals surface area contributed by atoms with Crippen LogP contribution >= 0.6 is 0 Å². The van der Waals surface area contributed by atoms with Crippen LogP contribution in [0, 0.1) is 5.92 Å². The maximum atomic E-state index is 3.94. The summed E-state index contributed by atoms with van der Waals surface area (Å²) < 4.78 is 0. The Labute approximate surface area is 68.7 Å². The number of nitrogens with zero attached hydrogens (tertiary/aromatic N) is 1. The third-order valence-electron chi connectivity index (χ3n) is 1.31. The summed E-state index contributed by atoms with van der Waals surface area (Å²) in [6, 6.07) is 0. The largest absolute Gasteiger partial charge is 0.368 e. The molecule has 0 unspecified atom stereocenters. The zero-order chi connectivity index (χ0) is 8.69. The molecule has 0 aromatic carbocycles. The van der Waals surface area contributed by atoms with Gasteiger partial charge in [-0.1, -0.05) is 20.4 Å². The topological polar surface area (TPSA) is 24.4 Å². The Hall–Kier alpha value is -1.05. The van der Waals surface area contributed by atoms with E-state index in [-0.39, 0.29) is 0 Å². The molecule has 0 aromatic rings. The smallest absolute Gasteiger partial charge is 0.0277 e. The summed E-state index contributed by atoms with van der Waals surface area (Å²) >= 11 is 0. The molecule has 2 nitrogen and oxygen atoms in total. The van der Waals surface area contributed by atoms with Gasteiger partial charge in [-0.15, -0.1) is 0 Å². The SMILES string of the molecule is C=CNC=C(C=NC)C(C)C. The van der Waals surface area contributed by atoms with E-state index in [0.717, 1.165) is 0 Å². The van der Waals surface area contributed by atoms with E-state index in [1.165, 1.54) is 5.57 Å². The van der Waals surface area contributed by atoms with Crippen molar-refractivity contribution in [1.82, 2.24) is 5.32 Å². The summed E-state index contributed by atoms with van der Waals surface area (Å²) in [5.41, 5.74) is 1.17. The average molecular weight is 152 g/mol. The Kier molecular flexibility index (Phi) is 5.17. The molecule has 0 aromatic heterocycles. The third kappa shape index (κ3) is 4.37. The maximum Gasteiger partial charge on any atom is 0.0277 e. The quantitative estimate of drug-likeness (QED) is 0.612. The van der Waals surface area contributed by atoms with Crippen LogP contribution in [-0.4, -0.2) is 13.3 Å². The van der Waals surface area contributed by atoms with Crippen molar-refractivity contribution in [2.24, 2.45) is 10.9 Å². The summed E-state index contributed by atoms with van der Waals surface area (Å²) in [5.74, 6) is 0.492. The van der Waals surface area contributed by atoms with Gasteiger partial charge in [-0.3, -0.25) is 4.99 Å². The molecule has 62 valence electrons. The van der Waals surface area contributed by atoms with Crippen molar-refractivity contribution >= 4 is 6.21 Å². The summed E-state index contributed by atoms with van der Waals surface area (Å²) in [6.07, 6.45) is 5.40. The number of allylic oxidation sites excluding steroid dienone is 1. The lowest BCUT2D eigenvalue weighted by Gasteiger charge is -2.04. The summed E-state index contributed by atoms with van der Waals surface area (Å²) in [4.78, 5) is 3.94. The second-order valence-electron chi connectivity index (χ2n) is 2.56. The Morgan fingerprint density at radius 2 is 2.18 bits per heavy atom. The fourth-order valence-electron chi connectivity index (χ4n) is 0.657. The van der Waals surface area contributed by atoms with Gasteiger partial charge in [0.05, 0.1) is 0 Å². The first-order valence-corrected chi connectivity index (χ1v) is 3.71. The molecule has 0 heterocycles. The highest BCUT2D eigenvalue weighted by Crippen LogP contribution is 2.04. The van der Waals surface area contributed by atoms with Crippen LogP contribution in [0.2, 0.25) is 0 Å². The van der Waals surface area contributed by atoms with Crippen LogP contribution in [0.25, 0.3) is 0 Å². The molecule has 0 aliphatic rings. The van der Waals surface area contributed by atoms with Crippen LogP contribution < -0.4 is 5.32 Å². The van der Waals surface area contributed by atoms with Gasteiger partial charge in [0.2, 0.25) is 0 Å². The Morgan fingerprint density at radius 3 is 2.55 bits per heavy atom. The number of nitrogens with one attached hydrogen (secondary N) is 1. The molecule has 0 fully saturated rings. The summed E-state index contributed by atoms with van der Waals surface area (Å²) in [5, 5.41) is 2.93. The number of hydrogen-bond acceptors (Lipinski definition) is 2. The van der Waals surface area contributed by atoms with Gasteiger partial charge in [0, 0.05) is 19.5 Å². The second kappa shape index (κ2) is 5.71. The van der Waals surface area contributed by atoms with Crippen molar-refractivity contribution in [2.45, 2.75) is 13.8 Å². The minimum Gasteiger partial charge on any atom is -0.368 e. The zero-order valence-corrected chi connectivity index (χ0v) is 7.46. The average Bonchev–Trinajstić information content (AvgIpc) is 1.97. The standard InChI is InChI=1S/C9H16N2/c1-5-11-7-9(6-10-4)8(2)3/h5-8,11H,1H2,2-4H3. The van der Waals surface area contributed by atoms with E-state index in [4.69, 9.17) is 0 Å². The molecule has 0 aliphatic heterocycles. The fraction of sp³-hybridized carbons (Fsp3) is 0.444. The van der Waals surface area contributed by atoms with Crippen LogP contribution in [-0.2, 0) is 0 Å². The molecule has 11 heavy (non-hydrogen) atoms. The highest BCUT2D eigenvalue weighted by Gasteiger charge is 1.97. The van der Waals surface area contributed by atoms with Crippen molar-refractivity contribution in [2.75, 3.05) is 7.05 Å². The zero-order valence-electron chi connectivity index (χ0n) is 7.46. The van der Waals surface area contributed by atoms with Gasteiger partial charge in [0.15, 0.2) is 0 Å². The number of hydrogen-bond donors (Lipinski definition) is 1. The molecule has 0 saturated carbocycles. The highest BCUT2D eigenvalue weighted by molar-refractivity contribution is 5.78. The van der Waals surface area contributed by atoms with Crippen molar-refractivity contribution in [1.29, 1.82) is 0 Å². The Balaban J connectivity index is 4.19. The molecule has 0 amide bonds. The van der Waals surface area contributed by atoms with E-state index < -0.39 is 0 Å². The van der Waals surface area contributed by atoms with E-state index >= 15 is 0 Å². The maximum absolute atomic E-state index is 3.94. The van der Waals surface area contributed by atoms with Gasteiger partial charge in [-0.05, 0) is 17.7 Å². The number of rotatable bonds is 4. The number of aliphatic imine (C=N–C) groups is 1. The normalized spacial score (nSPS) is 12.5. The first kappa shape index (κ1) is 9.95. The lowest BCUT2D eigenvalue weighted by molar-refractivity contribution is 0.798. The molecule has 0 aliphatic carbocycles. The van der Waals surface area contributed by atoms with E-state index in [2.05, 4.69) is 30.7 Å². The van der Waals surface area contributed by atoms with Gasteiger partial charge in [-0.2, -0.15) is 0 Å². The molecule has 0 rings (SSSR count). The van der Waals surface area contributed by atoms with E-state index in [0.29, 0.717) is 5.92 Å². The van der Waals surface area contributed by atoms with Gasteiger partial charge in [-0.25, -0.2) is 0 Å². The van der Waals surface area contributed by atoms with Crippen LogP contribution in [0.3, 0.4) is 0 Å². The second-order valence-corrected chi connectivity index (χ2v) is 2.56. The van der Waals surface area contributed by atoms with Crippen molar-refractivity contribution < 1.29 is 0 Å². The highest BCUT2D eigenvalue weighted by atomic mass is 14.8. The molecule has 0 saturated heterocycles. The van der Waals surface area contributed by atoms with E-state index in [9.17, 15) is 0 Å². The minimum absolute atomic E-state index is 0.492. The summed E-state index contributed by atoms with van der Waals surface area (Å²) in [6.45, 7) is 7.80. The van der Waals surface area contributed by atoms with Gasteiger partial charge in [0.1, 0.15) is 0 Å². The van der Waals surface area contributed by atoms with E-state index in [1.54, 1.807) is 13.2 Å².